The zero-order valence-corrected chi connectivity index (χ0v) is 17.7. The summed E-state index contributed by atoms with van der Waals surface area (Å²) in [6.07, 6.45) is 0. The first kappa shape index (κ1) is 18.8. The van der Waals surface area contributed by atoms with Crippen molar-refractivity contribution in [3.8, 4) is 11.3 Å². The third-order valence-corrected chi connectivity index (χ3v) is 5.83. The molecule has 0 radical (unpaired) electrons. The zero-order valence-electron chi connectivity index (χ0n) is 17.7. The summed E-state index contributed by atoms with van der Waals surface area (Å²) in [7, 11) is 0. The monoisotopic (exact) mass is 397 g/mol. The lowest BCUT2D eigenvalue weighted by atomic mass is 9.93. The number of fused-ring (bicyclic) bond motifs is 4. The van der Waals surface area contributed by atoms with Crippen LogP contribution in [0, 0.1) is 5.82 Å². The van der Waals surface area contributed by atoms with E-state index >= 15 is 0 Å². The molecule has 3 heteroatoms. The minimum absolute atomic E-state index is 0.260. The summed E-state index contributed by atoms with van der Waals surface area (Å²) in [6, 6.07) is 19.5. The lowest BCUT2D eigenvalue weighted by molar-refractivity contribution is 0.629. The van der Waals surface area contributed by atoms with Gasteiger partial charge in [-0.1, -0.05) is 52.0 Å². The molecule has 0 atom stereocenters. The minimum atomic E-state index is -0.260. The van der Waals surface area contributed by atoms with Crippen LogP contribution in [0.3, 0.4) is 0 Å². The quantitative estimate of drug-likeness (QED) is 0.307. The molecule has 30 heavy (non-hydrogen) atoms. The Bertz CT molecular complexity index is 1410. The molecular weight excluding hydrogens is 373 g/mol. The van der Waals surface area contributed by atoms with Gasteiger partial charge in [0.05, 0.1) is 5.69 Å². The van der Waals surface area contributed by atoms with Crippen LogP contribution in [0.15, 0.2) is 65.1 Å². The second-order valence-electron chi connectivity index (χ2n) is 8.61. The van der Waals surface area contributed by atoms with Crippen molar-refractivity contribution in [2.75, 3.05) is 0 Å². The van der Waals surface area contributed by atoms with E-state index in [0.717, 1.165) is 49.7 Å². The van der Waals surface area contributed by atoms with Crippen molar-refractivity contribution in [1.29, 1.82) is 0 Å². The highest BCUT2D eigenvalue weighted by Crippen LogP contribution is 2.40. The lowest BCUT2D eigenvalue weighted by Crippen LogP contribution is -1.98. The lowest BCUT2D eigenvalue weighted by Gasteiger charge is -2.14. The number of nitrogens with zero attached hydrogens (tertiary/aromatic N) is 1. The van der Waals surface area contributed by atoms with Crippen LogP contribution in [0.25, 0.3) is 44.0 Å². The van der Waals surface area contributed by atoms with Crippen LogP contribution in [0.4, 0.5) is 4.39 Å². The summed E-state index contributed by atoms with van der Waals surface area (Å²) in [6.45, 7) is 8.62. The van der Waals surface area contributed by atoms with Gasteiger partial charge in [-0.05, 0) is 59.2 Å². The fourth-order valence-electron chi connectivity index (χ4n) is 4.10. The van der Waals surface area contributed by atoms with Gasteiger partial charge in [-0.25, -0.2) is 4.39 Å². The van der Waals surface area contributed by atoms with Crippen LogP contribution < -0.4 is 0 Å². The van der Waals surface area contributed by atoms with Crippen LogP contribution in [0.1, 0.15) is 50.8 Å². The van der Waals surface area contributed by atoms with E-state index in [0.29, 0.717) is 5.92 Å². The molecule has 2 heterocycles. The number of halogens is 1. The summed E-state index contributed by atoms with van der Waals surface area (Å²) < 4.78 is 20.5. The molecule has 2 aromatic heterocycles. The van der Waals surface area contributed by atoms with Crippen LogP contribution in [-0.4, -0.2) is 4.98 Å². The van der Waals surface area contributed by atoms with Crippen LogP contribution in [-0.2, 0) is 0 Å². The smallest absolute Gasteiger partial charge is 0.144 e. The largest absolute Gasteiger partial charge is 0.455 e. The molecule has 5 aromatic rings. The topological polar surface area (TPSA) is 26.0 Å². The normalized spacial score (nSPS) is 12.1. The van der Waals surface area contributed by atoms with Gasteiger partial charge in [0.25, 0.3) is 0 Å². The molecule has 3 aromatic carbocycles. The average Bonchev–Trinajstić information content (AvgIpc) is 3.11. The molecule has 0 amide bonds. The molecule has 0 spiro atoms. The van der Waals surface area contributed by atoms with Gasteiger partial charge >= 0.3 is 0 Å². The van der Waals surface area contributed by atoms with Gasteiger partial charge in [0.15, 0.2) is 0 Å². The second-order valence-corrected chi connectivity index (χ2v) is 8.61. The number of rotatable bonds is 3. The first-order chi connectivity index (χ1) is 14.4. The highest BCUT2D eigenvalue weighted by atomic mass is 19.1. The van der Waals surface area contributed by atoms with Gasteiger partial charge in [-0.3, -0.25) is 4.98 Å². The van der Waals surface area contributed by atoms with Crippen LogP contribution in [0.5, 0.6) is 0 Å². The van der Waals surface area contributed by atoms with Crippen LogP contribution in [0.2, 0.25) is 0 Å². The molecule has 0 saturated heterocycles. The molecule has 0 fully saturated rings. The predicted molar refractivity (Wildman–Crippen MR) is 123 cm³/mol. The fraction of sp³-hybridized carbons (Fsp3) is 0.222. The first-order valence-corrected chi connectivity index (χ1v) is 10.5. The standard InChI is InChI=1S/C27H24FNO/c1-15(2)18-11-22-20-7-5-6-8-25(20)30-27(22)23(12-18)26-21-14-19(28)10-9-17(21)13-24(29-26)16(3)4/h5-16H,1-4H3. The Morgan fingerprint density at radius 1 is 0.800 bits per heavy atom. The van der Waals surface area contributed by atoms with Gasteiger partial charge in [-0.2, -0.15) is 0 Å². The van der Waals surface area contributed by atoms with E-state index in [9.17, 15) is 4.39 Å². The Kier molecular flexibility index (Phi) is 4.35. The van der Waals surface area contributed by atoms with Gasteiger partial charge < -0.3 is 4.42 Å². The van der Waals surface area contributed by atoms with E-state index < -0.39 is 0 Å². The van der Waals surface area contributed by atoms with Crippen LogP contribution >= 0.6 is 0 Å². The maximum absolute atomic E-state index is 14.2. The van der Waals surface area contributed by atoms with Gasteiger partial charge in [-0.15, -0.1) is 0 Å². The molecule has 2 nitrogen and oxygen atoms in total. The zero-order chi connectivity index (χ0) is 21.0. The number of para-hydroxylation sites is 1. The molecule has 0 aliphatic carbocycles. The number of furan rings is 1. The van der Waals surface area contributed by atoms with E-state index in [-0.39, 0.29) is 11.7 Å². The number of pyridine rings is 1. The molecule has 0 unspecified atom stereocenters. The molecule has 150 valence electrons. The molecule has 0 saturated carbocycles. The molecule has 0 aliphatic heterocycles. The van der Waals surface area contributed by atoms with Gasteiger partial charge in [0, 0.05) is 27.4 Å². The summed E-state index contributed by atoms with van der Waals surface area (Å²) in [5.41, 5.74) is 5.56. The third kappa shape index (κ3) is 2.97. The van der Waals surface area contributed by atoms with E-state index in [1.54, 1.807) is 6.07 Å². The Morgan fingerprint density at radius 3 is 2.37 bits per heavy atom. The van der Waals surface area contributed by atoms with E-state index in [4.69, 9.17) is 9.40 Å². The maximum atomic E-state index is 14.2. The third-order valence-electron chi connectivity index (χ3n) is 5.83. The van der Waals surface area contributed by atoms with Gasteiger partial charge in [0.2, 0.25) is 0 Å². The maximum Gasteiger partial charge on any atom is 0.144 e. The summed E-state index contributed by atoms with van der Waals surface area (Å²) >= 11 is 0. The number of benzene rings is 3. The van der Waals surface area contributed by atoms with E-state index in [1.165, 1.54) is 11.6 Å². The Labute approximate surface area is 175 Å². The van der Waals surface area contributed by atoms with Crippen molar-refractivity contribution in [3.63, 3.8) is 0 Å². The highest BCUT2D eigenvalue weighted by molar-refractivity contribution is 6.12. The fourth-order valence-corrected chi connectivity index (χ4v) is 4.10. The molecule has 0 N–H and O–H groups in total. The SMILES string of the molecule is CC(C)c1cc(-c2nc(C(C)C)cc3ccc(F)cc23)c2oc3ccccc3c2c1. The van der Waals surface area contributed by atoms with Gasteiger partial charge in [0.1, 0.15) is 17.0 Å². The summed E-state index contributed by atoms with van der Waals surface area (Å²) in [5, 5.41) is 3.96. The minimum Gasteiger partial charge on any atom is -0.455 e. The van der Waals surface area contributed by atoms with Crippen molar-refractivity contribution < 1.29 is 8.81 Å². The summed E-state index contributed by atoms with van der Waals surface area (Å²) in [5.74, 6) is 0.347. The van der Waals surface area contributed by atoms with Crippen molar-refractivity contribution >= 4 is 32.7 Å². The van der Waals surface area contributed by atoms with Crippen molar-refractivity contribution in [1.82, 2.24) is 4.98 Å². The van der Waals surface area contributed by atoms with E-state index in [1.807, 2.05) is 24.3 Å². The predicted octanol–water partition coefficient (Wildman–Crippen LogP) is 8.19. The molecule has 0 bridgehead atoms. The highest BCUT2D eigenvalue weighted by Gasteiger charge is 2.19. The number of hydrogen-bond acceptors (Lipinski definition) is 2. The van der Waals surface area contributed by atoms with Crippen molar-refractivity contribution in [2.45, 2.75) is 39.5 Å². The van der Waals surface area contributed by atoms with E-state index in [2.05, 4.69) is 52.0 Å². The van der Waals surface area contributed by atoms with Crippen molar-refractivity contribution in [3.05, 3.63) is 77.7 Å². The second kappa shape index (κ2) is 6.94. The Morgan fingerprint density at radius 2 is 1.60 bits per heavy atom. The average molecular weight is 397 g/mol. The summed E-state index contributed by atoms with van der Waals surface area (Å²) in [4.78, 5) is 5.01. The Hall–Kier alpha value is -3.20. The first-order valence-electron chi connectivity index (χ1n) is 10.5. The number of hydrogen-bond donors (Lipinski definition) is 0. The number of aromatic nitrogens is 1. The molecule has 5 rings (SSSR count). The molecular formula is C27H24FNO. The van der Waals surface area contributed by atoms with Crippen molar-refractivity contribution in [2.24, 2.45) is 0 Å². The Balaban J connectivity index is 1.95. The molecule has 0 aliphatic rings.